The van der Waals surface area contributed by atoms with Gasteiger partial charge in [0.2, 0.25) is 0 Å². The van der Waals surface area contributed by atoms with Crippen LogP contribution in [0.15, 0.2) is 0 Å². The van der Waals surface area contributed by atoms with Gasteiger partial charge in [0.25, 0.3) is 0 Å². The summed E-state index contributed by atoms with van der Waals surface area (Å²) in [7, 11) is 0. The fraction of sp³-hybridized carbons (Fsp3) is 0. The Hall–Kier alpha value is 1.74. The van der Waals surface area contributed by atoms with Crippen molar-refractivity contribution in [1.82, 2.24) is 0 Å². The fourth-order valence-electron chi connectivity index (χ4n) is 0. The topological polar surface area (TPSA) is 0 Å². The third-order valence-corrected chi connectivity index (χ3v) is 0. The van der Waals surface area contributed by atoms with Crippen molar-refractivity contribution in [2.24, 2.45) is 0 Å². The first-order valence-corrected chi connectivity index (χ1v) is 1.13. The van der Waals surface area contributed by atoms with E-state index in [-0.39, 0.29) is 68.5 Å². The molecular weight excluding hydrogens is 241 g/mol. The molecule has 0 unspecified atom stereocenters. The van der Waals surface area contributed by atoms with Gasteiger partial charge in [0.1, 0.15) is 0 Å². The molecule has 0 aliphatic heterocycles. The normalized spacial score (nSPS) is 7.20. The van der Waals surface area contributed by atoms with E-state index in [2.05, 4.69) is 0 Å². The van der Waals surface area contributed by atoms with Gasteiger partial charge in [-0.05, 0) is 0 Å². The van der Waals surface area contributed by atoms with Crippen molar-refractivity contribution in [1.29, 1.82) is 0 Å². The average Bonchev–Trinajstić information content (AvgIpc) is 1.25. The minimum atomic E-state index is -3.08. The maximum Gasteiger partial charge on any atom is 1.00 e. The molecule has 62 valence electrons. The third kappa shape index (κ3) is 247. The van der Waals surface area contributed by atoms with Gasteiger partial charge in [-0.2, -0.15) is 0 Å². The van der Waals surface area contributed by atoms with E-state index >= 15 is 0 Å². The van der Waals surface area contributed by atoms with Crippen LogP contribution in [0.3, 0.4) is 0 Å². The number of hydrogen-bond acceptors (Lipinski definition) is 0. The zero-order chi connectivity index (χ0) is 7.15. The second-order valence-electron chi connectivity index (χ2n) is 0.429. The molecule has 0 saturated heterocycles. The van der Waals surface area contributed by atoms with Crippen molar-refractivity contribution in [3.05, 3.63) is 13.4 Å². The molecule has 0 radical (unpaired) electrons. The summed E-state index contributed by atoms with van der Waals surface area (Å²) in [5.41, 5.74) is 0. The Morgan fingerprint density at radius 1 is 0.600 bits per heavy atom. The van der Waals surface area contributed by atoms with Gasteiger partial charge in [0, 0.05) is 0 Å². The first-order chi connectivity index (χ1) is 3.46. The molecule has 0 bridgehead atoms. The van der Waals surface area contributed by atoms with Crippen LogP contribution in [-0.2, 0) is 17.1 Å². The van der Waals surface area contributed by atoms with E-state index in [0.717, 1.165) is 0 Å². The molecule has 0 atom stereocenters. The molecule has 0 aromatic heterocycles. The van der Waals surface area contributed by atoms with Crippen LogP contribution >= 0.6 is 0 Å². The minimum absolute atomic E-state index is 0. The monoisotopic (exact) mass is 240 g/mol. The summed E-state index contributed by atoms with van der Waals surface area (Å²) in [5.74, 6) is 0. The summed E-state index contributed by atoms with van der Waals surface area (Å²) in [6, 6.07) is 0. The van der Waals surface area contributed by atoms with Gasteiger partial charge in [-0.25, -0.2) is 0 Å². The van der Waals surface area contributed by atoms with Gasteiger partial charge in [0.15, 0.2) is 13.4 Å². The van der Waals surface area contributed by atoms with Crippen LogP contribution in [0.4, 0.5) is 26.3 Å². The van der Waals surface area contributed by atoms with Gasteiger partial charge < -0.3 is 26.3 Å². The molecule has 8 heteroatoms. The van der Waals surface area contributed by atoms with E-state index in [1.165, 1.54) is 0 Å². The van der Waals surface area contributed by atoms with E-state index < -0.39 is 13.4 Å². The van der Waals surface area contributed by atoms with Crippen molar-refractivity contribution in [2.45, 2.75) is 0 Å². The standard InChI is InChI=1S/2CF3.Cu.K/c2*2-1(3)4;;/q2*-1;2*+1. The van der Waals surface area contributed by atoms with Crippen LogP contribution in [0.25, 0.3) is 0 Å². The fourth-order valence-corrected chi connectivity index (χ4v) is 0. The molecule has 0 fully saturated rings. The molecule has 0 aromatic carbocycles. The van der Waals surface area contributed by atoms with E-state index in [1.54, 1.807) is 0 Å². The zero-order valence-electron chi connectivity index (χ0n) is 4.57. The van der Waals surface area contributed by atoms with Crippen LogP contribution in [0.2, 0.25) is 0 Å². The molecule has 10 heavy (non-hydrogen) atoms. The van der Waals surface area contributed by atoms with Gasteiger partial charge >= 0.3 is 68.5 Å². The molecule has 0 saturated carbocycles. The zero-order valence-corrected chi connectivity index (χ0v) is 8.63. The van der Waals surface area contributed by atoms with Gasteiger partial charge in [-0.15, -0.1) is 0 Å². The second-order valence-corrected chi connectivity index (χ2v) is 0.429. The van der Waals surface area contributed by atoms with Gasteiger partial charge in [-0.1, -0.05) is 0 Å². The molecule has 0 heterocycles. The summed E-state index contributed by atoms with van der Waals surface area (Å²) in [6.45, 7) is -6.17. The average molecular weight is 241 g/mol. The largest absolute Gasteiger partial charge is 1.00 e. The number of hydrogen-bond donors (Lipinski definition) is 0. The maximum absolute atomic E-state index is 9.58. The van der Waals surface area contributed by atoms with Crippen molar-refractivity contribution in [3.8, 4) is 0 Å². The molecule has 0 nitrogen and oxygen atoms in total. The second kappa shape index (κ2) is 17.0. The first kappa shape index (κ1) is 22.6. The first-order valence-electron chi connectivity index (χ1n) is 1.13. The van der Waals surface area contributed by atoms with Crippen LogP contribution in [0.5, 0.6) is 0 Å². The van der Waals surface area contributed by atoms with Gasteiger partial charge in [0.05, 0.1) is 0 Å². The van der Waals surface area contributed by atoms with Crippen molar-refractivity contribution in [2.75, 3.05) is 0 Å². The van der Waals surface area contributed by atoms with Crippen LogP contribution < -0.4 is 51.4 Å². The smallest absolute Gasteiger partial charge is 0.385 e. The van der Waals surface area contributed by atoms with E-state index in [0.29, 0.717) is 0 Å². The number of rotatable bonds is 0. The Balaban J connectivity index is -0.0000000300. The molecule has 0 rings (SSSR count). The van der Waals surface area contributed by atoms with Crippen LogP contribution in [-0.4, -0.2) is 0 Å². The summed E-state index contributed by atoms with van der Waals surface area (Å²) < 4.78 is 57.5. The van der Waals surface area contributed by atoms with Gasteiger partial charge in [-0.3, -0.25) is 0 Å². The van der Waals surface area contributed by atoms with E-state index in [1.807, 2.05) is 0 Å². The predicted molar refractivity (Wildman–Crippen MR) is 13.1 cm³/mol. The summed E-state index contributed by atoms with van der Waals surface area (Å²) in [5, 5.41) is 0. The Morgan fingerprint density at radius 3 is 0.600 bits per heavy atom. The van der Waals surface area contributed by atoms with Crippen molar-refractivity contribution >= 4 is 0 Å². The molecular formula is C2CuF6K. The molecule has 0 aromatic rings. The third-order valence-electron chi connectivity index (χ3n) is 0. The predicted octanol–water partition coefficient (Wildman–Crippen LogP) is -0.315. The van der Waals surface area contributed by atoms with E-state index in [4.69, 9.17) is 0 Å². The Labute approximate surface area is 107 Å². The maximum atomic E-state index is 9.58. The molecule has 0 aliphatic carbocycles. The summed E-state index contributed by atoms with van der Waals surface area (Å²) in [6.07, 6.45) is 0. The number of halogens is 6. The molecule has 0 N–H and O–H groups in total. The van der Waals surface area contributed by atoms with Crippen LogP contribution in [0.1, 0.15) is 0 Å². The quantitative estimate of drug-likeness (QED) is 0.310. The van der Waals surface area contributed by atoms with E-state index in [9.17, 15) is 26.3 Å². The Morgan fingerprint density at radius 2 is 0.600 bits per heavy atom. The van der Waals surface area contributed by atoms with Crippen molar-refractivity contribution in [3.63, 3.8) is 0 Å². The minimum Gasteiger partial charge on any atom is -0.385 e. The summed E-state index contributed by atoms with van der Waals surface area (Å²) in [4.78, 5) is 0. The SMILES string of the molecule is F[C-](F)F.F[C-](F)F.[Cu+].[K+]. The summed E-state index contributed by atoms with van der Waals surface area (Å²) >= 11 is 0. The molecule has 0 amide bonds. The molecule has 0 aliphatic rings. The van der Waals surface area contributed by atoms with Crippen LogP contribution in [0, 0.1) is 13.4 Å². The Kier molecular flexibility index (Phi) is 38.4. The Bertz CT molecular complexity index is 31.2. The van der Waals surface area contributed by atoms with Crippen molar-refractivity contribution < 1.29 is 94.8 Å². The molecule has 0 spiro atoms.